The van der Waals surface area contributed by atoms with E-state index in [1.807, 2.05) is 19.9 Å². The molecule has 0 aromatic carbocycles. The van der Waals surface area contributed by atoms with Crippen LogP contribution in [-0.2, 0) is 21.5 Å². The standard InChI is InChI=1S/C18H32N6O3S/c1-6-23(7-2)28(26,27)24-10-8-15(9-11-24)18-20-16(12-17(19-4)21-18)13-22(5)14(3)25/h12,15H,6-11,13H2,1-5H3,(H,19,20,21). The van der Waals surface area contributed by atoms with Crippen molar-refractivity contribution in [3.8, 4) is 0 Å². The van der Waals surface area contributed by atoms with Crippen molar-refractivity contribution in [3.63, 3.8) is 0 Å². The smallest absolute Gasteiger partial charge is 0.281 e. The molecule has 2 rings (SSSR count). The van der Waals surface area contributed by atoms with E-state index in [0.29, 0.717) is 57.2 Å². The summed E-state index contributed by atoms with van der Waals surface area (Å²) in [5.41, 5.74) is 0.769. The molecule has 1 aliphatic heterocycles. The number of anilines is 1. The molecule has 0 aliphatic carbocycles. The van der Waals surface area contributed by atoms with Crippen LogP contribution in [0.25, 0.3) is 0 Å². The van der Waals surface area contributed by atoms with E-state index in [-0.39, 0.29) is 11.8 Å². The molecule has 0 bridgehead atoms. The maximum atomic E-state index is 12.7. The quantitative estimate of drug-likeness (QED) is 0.690. The lowest BCUT2D eigenvalue weighted by atomic mass is 9.97. The average molecular weight is 413 g/mol. The molecule has 9 nitrogen and oxygen atoms in total. The van der Waals surface area contributed by atoms with E-state index in [1.165, 1.54) is 11.2 Å². The maximum Gasteiger partial charge on any atom is 0.281 e. The first-order valence-corrected chi connectivity index (χ1v) is 11.1. The predicted octanol–water partition coefficient (Wildman–Crippen LogP) is 1.26. The first-order chi connectivity index (χ1) is 13.2. The van der Waals surface area contributed by atoms with Gasteiger partial charge in [0.2, 0.25) is 5.91 Å². The van der Waals surface area contributed by atoms with Crippen molar-refractivity contribution < 1.29 is 13.2 Å². The van der Waals surface area contributed by atoms with Gasteiger partial charge in [0, 0.05) is 59.2 Å². The van der Waals surface area contributed by atoms with E-state index in [4.69, 9.17) is 0 Å². The second-order valence-electron chi connectivity index (χ2n) is 6.99. The number of amides is 1. The molecule has 1 N–H and O–H groups in total. The number of hydrogen-bond acceptors (Lipinski definition) is 6. The van der Waals surface area contributed by atoms with Gasteiger partial charge in [-0.05, 0) is 12.8 Å². The van der Waals surface area contributed by atoms with Gasteiger partial charge in [-0.25, -0.2) is 9.97 Å². The molecule has 0 unspecified atom stereocenters. The zero-order chi connectivity index (χ0) is 20.9. The highest BCUT2D eigenvalue weighted by atomic mass is 32.2. The summed E-state index contributed by atoms with van der Waals surface area (Å²) in [6.07, 6.45) is 1.35. The molecule has 1 amide bonds. The molecule has 1 fully saturated rings. The number of hydrogen-bond donors (Lipinski definition) is 1. The van der Waals surface area contributed by atoms with Crippen LogP contribution in [-0.4, -0.2) is 78.1 Å². The monoisotopic (exact) mass is 412 g/mol. The maximum absolute atomic E-state index is 12.7. The van der Waals surface area contributed by atoms with E-state index in [2.05, 4.69) is 15.3 Å². The number of nitrogens with zero attached hydrogens (tertiary/aromatic N) is 5. The molecule has 0 spiro atoms. The minimum absolute atomic E-state index is 0.0268. The lowest BCUT2D eigenvalue weighted by Crippen LogP contribution is -2.46. The Morgan fingerprint density at radius 1 is 1.25 bits per heavy atom. The normalized spacial score (nSPS) is 16.4. The average Bonchev–Trinajstić information content (AvgIpc) is 2.68. The molecule has 0 radical (unpaired) electrons. The van der Waals surface area contributed by atoms with Crippen LogP contribution in [0, 0.1) is 0 Å². The van der Waals surface area contributed by atoms with Gasteiger partial charge in [-0.3, -0.25) is 4.79 Å². The Kier molecular flexibility index (Phi) is 7.73. The topological polar surface area (TPSA) is 98.7 Å². The fourth-order valence-electron chi connectivity index (χ4n) is 3.32. The van der Waals surface area contributed by atoms with Gasteiger partial charge < -0.3 is 10.2 Å². The molecule has 2 heterocycles. The summed E-state index contributed by atoms with van der Waals surface area (Å²) in [4.78, 5) is 22.4. The SMILES string of the molecule is CCN(CC)S(=O)(=O)N1CCC(c2nc(CN(C)C(C)=O)cc(NC)n2)CC1. The van der Waals surface area contributed by atoms with Gasteiger partial charge in [0.15, 0.2) is 0 Å². The molecule has 1 aliphatic rings. The number of nitrogens with one attached hydrogen (secondary N) is 1. The van der Waals surface area contributed by atoms with E-state index >= 15 is 0 Å². The number of aromatic nitrogens is 2. The third kappa shape index (κ3) is 5.18. The van der Waals surface area contributed by atoms with E-state index in [0.717, 1.165) is 5.69 Å². The Hall–Kier alpha value is -1.78. The molecule has 0 atom stereocenters. The highest BCUT2D eigenvalue weighted by Crippen LogP contribution is 2.28. The van der Waals surface area contributed by atoms with Crippen LogP contribution in [0.3, 0.4) is 0 Å². The summed E-state index contributed by atoms with van der Waals surface area (Å²) in [7, 11) is 0.124. The van der Waals surface area contributed by atoms with Gasteiger partial charge in [0.1, 0.15) is 11.6 Å². The first-order valence-electron chi connectivity index (χ1n) is 9.75. The van der Waals surface area contributed by atoms with Crippen molar-refractivity contribution in [1.82, 2.24) is 23.5 Å². The summed E-state index contributed by atoms with van der Waals surface area (Å²) < 4.78 is 28.5. The van der Waals surface area contributed by atoms with Crippen LogP contribution in [0.15, 0.2) is 6.07 Å². The van der Waals surface area contributed by atoms with Crippen LogP contribution >= 0.6 is 0 Å². The third-order valence-electron chi connectivity index (χ3n) is 5.17. The highest BCUT2D eigenvalue weighted by Gasteiger charge is 2.33. The number of piperidine rings is 1. The summed E-state index contributed by atoms with van der Waals surface area (Å²) >= 11 is 0. The summed E-state index contributed by atoms with van der Waals surface area (Å²) in [5, 5.41) is 3.04. The van der Waals surface area contributed by atoms with Crippen LogP contribution in [0.5, 0.6) is 0 Å². The van der Waals surface area contributed by atoms with Gasteiger partial charge in [0.25, 0.3) is 10.2 Å². The molecule has 1 saturated heterocycles. The fourth-order valence-corrected chi connectivity index (χ4v) is 4.97. The van der Waals surface area contributed by atoms with Crippen molar-refractivity contribution in [2.24, 2.45) is 0 Å². The van der Waals surface area contributed by atoms with Gasteiger partial charge in [0.05, 0.1) is 12.2 Å². The highest BCUT2D eigenvalue weighted by molar-refractivity contribution is 7.86. The van der Waals surface area contributed by atoms with E-state index in [1.54, 1.807) is 23.3 Å². The summed E-state index contributed by atoms with van der Waals surface area (Å²) in [5.74, 6) is 1.48. The van der Waals surface area contributed by atoms with Crippen LogP contribution in [0.2, 0.25) is 0 Å². The van der Waals surface area contributed by atoms with E-state index in [9.17, 15) is 13.2 Å². The van der Waals surface area contributed by atoms with Gasteiger partial charge >= 0.3 is 0 Å². The minimum atomic E-state index is -3.41. The fraction of sp³-hybridized carbons (Fsp3) is 0.722. The van der Waals surface area contributed by atoms with Gasteiger partial charge in [-0.1, -0.05) is 13.8 Å². The summed E-state index contributed by atoms with van der Waals surface area (Å²) in [6, 6.07) is 1.84. The van der Waals surface area contributed by atoms with Crippen molar-refractivity contribution >= 4 is 21.9 Å². The molecule has 28 heavy (non-hydrogen) atoms. The zero-order valence-corrected chi connectivity index (χ0v) is 18.3. The first kappa shape index (κ1) is 22.5. The Morgan fingerprint density at radius 3 is 2.36 bits per heavy atom. The van der Waals surface area contributed by atoms with Crippen LogP contribution < -0.4 is 5.32 Å². The molecule has 0 saturated carbocycles. The summed E-state index contributed by atoms with van der Waals surface area (Å²) in [6.45, 7) is 7.49. The predicted molar refractivity (Wildman–Crippen MR) is 109 cm³/mol. The molecular weight excluding hydrogens is 380 g/mol. The van der Waals surface area contributed by atoms with Crippen molar-refractivity contribution in [2.75, 3.05) is 45.6 Å². The lowest BCUT2D eigenvalue weighted by Gasteiger charge is -2.34. The van der Waals surface area contributed by atoms with Crippen molar-refractivity contribution in [3.05, 3.63) is 17.6 Å². The van der Waals surface area contributed by atoms with Gasteiger partial charge in [-0.15, -0.1) is 0 Å². The zero-order valence-electron chi connectivity index (χ0n) is 17.5. The lowest BCUT2D eigenvalue weighted by molar-refractivity contribution is -0.128. The molecule has 158 valence electrons. The Balaban J connectivity index is 2.14. The largest absolute Gasteiger partial charge is 0.373 e. The molecule has 10 heteroatoms. The number of rotatable bonds is 8. The van der Waals surface area contributed by atoms with E-state index < -0.39 is 10.2 Å². The Labute approximate surface area is 168 Å². The molecule has 1 aromatic rings. The second-order valence-corrected chi connectivity index (χ2v) is 8.92. The minimum Gasteiger partial charge on any atom is -0.373 e. The second kappa shape index (κ2) is 9.62. The molecular formula is C18H32N6O3S. The molecule has 1 aromatic heterocycles. The van der Waals surface area contributed by atoms with Crippen LogP contribution in [0.1, 0.15) is 51.0 Å². The van der Waals surface area contributed by atoms with Gasteiger partial charge in [-0.2, -0.15) is 17.0 Å². The number of carbonyl (C=O) groups is 1. The number of carbonyl (C=O) groups excluding carboxylic acids is 1. The third-order valence-corrected chi connectivity index (χ3v) is 7.35. The van der Waals surface area contributed by atoms with Crippen LogP contribution in [0.4, 0.5) is 5.82 Å². The van der Waals surface area contributed by atoms with Crippen molar-refractivity contribution in [1.29, 1.82) is 0 Å². The Morgan fingerprint density at radius 2 is 1.86 bits per heavy atom. The Bertz CT molecular complexity index is 774. The van der Waals surface area contributed by atoms with Crippen molar-refractivity contribution in [2.45, 2.75) is 46.1 Å².